The van der Waals surface area contributed by atoms with E-state index >= 15 is 0 Å². The Morgan fingerprint density at radius 2 is 1.90 bits per heavy atom. The molecule has 20 heavy (non-hydrogen) atoms. The van der Waals surface area contributed by atoms with E-state index < -0.39 is 0 Å². The molecule has 2 aromatic carbocycles. The zero-order valence-corrected chi connectivity index (χ0v) is 11.5. The van der Waals surface area contributed by atoms with Crippen LogP contribution in [0.3, 0.4) is 0 Å². The largest absolute Gasteiger partial charge is 0.399 e. The van der Waals surface area contributed by atoms with Crippen molar-refractivity contribution in [3.05, 3.63) is 48.3 Å². The summed E-state index contributed by atoms with van der Waals surface area (Å²) in [6, 6.07) is 14.5. The van der Waals surface area contributed by atoms with E-state index in [1.54, 1.807) is 0 Å². The van der Waals surface area contributed by atoms with E-state index in [0.29, 0.717) is 5.92 Å². The summed E-state index contributed by atoms with van der Waals surface area (Å²) in [5, 5.41) is 0. The summed E-state index contributed by atoms with van der Waals surface area (Å²) >= 11 is 0. The number of anilines is 1. The topological polar surface area (TPSA) is 43.8 Å². The highest BCUT2D eigenvalue weighted by molar-refractivity contribution is 5.83. The van der Waals surface area contributed by atoms with Crippen molar-refractivity contribution in [1.29, 1.82) is 0 Å². The summed E-state index contributed by atoms with van der Waals surface area (Å²) in [4.78, 5) is 4.76. The van der Waals surface area contributed by atoms with Gasteiger partial charge in [0.15, 0.2) is 0 Å². The molecule has 0 amide bonds. The van der Waals surface area contributed by atoms with Gasteiger partial charge in [0.25, 0.3) is 0 Å². The maximum absolute atomic E-state index is 5.87. The number of nitrogen functional groups attached to an aromatic ring is 1. The van der Waals surface area contributed by atoms with Crippen molar-refractivity contribution in [2.24, 2.45) is 7.05 Å². The van der Waals surface area contributed by atoms with Crippen LogP contribution in [0.2, 0.25) is 0 Å². The second kappa shape index (κ2) is 4.10. The van der Waals surface area contributed by atoms with Gasteiger partial charge in [-0.25, -0.2) is 4.98 Å². The van der Waals surface area contributed by atoms with Crippen molar-refractivity contribution < 1.29 is 0 Å². The molecule has 1 heterocycles. The maximum atomic E-state index is 5.87. The van der Waals surface area contributed by atoms with Crippen LogP contribution in [0.15, 0.2) is 42.5 Å². The molecule has 1 aliphatic carbocycles. The van der Waals surface area contributed by atoms with Gasteiger partial charge >= 0.3 is 0 Å². The molecule has 100 valence electrons. The minimum Gasteiger partial charge on any atom is -0.399 e. The average molecular weight is 263 g/mol. The van der Waals surface area contributed by atoms with Crippen LogP contribution in [0.25, 0.3) is 22.2 Å². The maximum Gasteiger partial charge on any atom is 0.112 e. The molecule has 0 saturated heterocycles. The van der Waals surface area contributed by atoms with Crippen molar-refractivity contribution in [2.75, 3.05) is 5.73 Å². The lowest BCUT2D eigenvalue weighted by atomic mass is 10.0. The van der Waals surface area contributed by atoms with Gasteiger partial charge < -0.3 is 10.3 Å². The lowest BCUT2D eigenvalue weighted by molar-refractivity contribution is 0.820. The molecule has 3 nitrogen and oxygen atoms in total. The lowest BCUT2D eigenvalue weighted by Crippen LogP contribution is -1.94. The molecule has 1 saturated carbocycles. The van der Waals surface area contributed by atoms with Gasteiger partial charge in [-0.05, 0) is 48.2 Å². The van der Waals surface area contributed by atoms with Crippen LogP contribution < -0.4 is 5.73 Å². The molecule has 3 aromatic rings. The number of rotatable bonds is 2. The lowest BCUT2D eigenvalue weighted by Gasteiger charge is -2.04. The molecule has 0 spiro atoms. The molecule has 0 radical (unpaired) electrons. The third-order valence-electron chi connectivity index (χ3n) is 4.08. The van der Waals surface area contributed by atoms with Crippen molar-refractivity contribution in [2.45, 2.75) is 18.8 Å². The summed E-state index contributed by atoms with van der Waals surface area (Å²) in [6.45, 7) is 0. The Hall–Kier alpha value is -2.29. The first-order chi connectivity index (χ1) is 9.72. The van der Waals surface area contributed by atoms with Crippen LogP contribution in [-0.2, 0) is 7.05 Å². The van der Waals surface area contributed by atoms with Gasteiger partial charge in [0.1, 0.15) is 5.82 Å². The number of nitrogens with two attached hydrogens (primary N) is 1. The van der Waals surface area contributed by atoms with E-state index in [9.17, 15) is 0 Å². The monoisotopic (exact) mass is 263 g/mol. The number of aromatic nitrogens is 2. The number of hydrogen-bond acceptors (Lipinski definition) is 2. The molecule has 1 aliphatic rings. The number of benzene rings is 2. The van der Waals surface area contributed by atoms with E-state index in [4.69, 9.17) is 10.7 Å². The highest BCUT2D eigenvalue weighted by atomic mass is 15.1. The van der Waals surface area contributed by atoms with Gasteiger partial charge in [0.05, 0.1) is 11.0 Å². The first-order valence-corrected chi connectivity index (χ1v) is 7.04. The number of aryl methyl sites for hydroxylation is 1. The average Bonchev–Trinajstić information content (AvgIpc) is 3.24. The molecular formula is C17H17N3. The number of imidazole rings is 1. The smallest absolute Gasteiger partial charge is 0.112 e. The molecular weight excluding hydrogens is 246 g/mol. The third-order valence-corrected chi connectivity index (χ3v) is 4.08. The predicted octanol–water partition coefficient (Wildman–Crippen LogP) is 3.70. The second-order valence-corrected chi connectivity index (χ2v) is 5.63. The predicted molar refractivity (Wildman–Crippen MR) is 82.5 cm³/mol. The summed E-state index contributed by atoms with van der Waals surface area (Å²) in [6.07, 6.45) is 2.55. The molecule has 1 aromatic heterocycles. The Kier molecular flexibility index (Phi) is 2.36. The standard InChI is InChI=1S/C17H17N3/c1-20-16-10-13(12-3-2-4-14(18)9-12)7-8-15(16)19-17(20)11-5-6-11/h2-4,7-11H,5-6,18H2,1H3. The van der Waals surface area contributed by atoms with Crippen LogP contribution in [0.1, 0.15) is 24.6 Å². The fraction of sp³-hybridized carbons (Fsp3) is 0.235. The van der Waals surface area contributed by atoms with Crippen LogP contribution in [0.5, 0.6) is 0 Å². The first kappa shape index (κ1) is 11.5. The van der Waals surface area contributed by atoms with Crippen molar-refractivity contribution in [3.8, 4) is 11.1 Å². The molecule has 0 bridgehead atoms. The Bertz CT molecular complexity index is 797. The van der Waals surface area contributed by atoms with Gasteiger partial charge in [-0.15, -0.1) is 0 Å². The van der Waals surface area contributed by atoms with Gasteiger partial charge in [0, 0.05) is 18.7 Å². The van der Waals surface area contributed by atoms with E-state index in [1.807, 2.05) is 18.2 Å². The van der Waals surface area contributed by atoms with Crippen LogP contribution in [0.4, 0.5) is 5.69 Å². The molecule has 2 N–H and O–H groups in total. The highest BCUT2D eigenvalue weighted by Crippen LogP contribution is 2.40. The number of hydrogen-bond donors (Lipinski definition) is 1. The molecule has 0 aliphatic heterocycles. The molecule has 0 unspecified atom stereocenters. The fourth-order valence-electron chi connectivity index (χ4n) is 2.81. The summed E-state index contributed by atoms with van der Waals surface area (Å²) < 4.78 is 2.24. The van der Waals surface area contributed by atoms with Gasteiger partial charge in [0.2, 0.25) is 0 Å². The Morgan fingerprint density at radius 3 is 2.65 bits per heavy atom. The minimum absolute atomic E-state index is 0.670. The van der Waals surface area contributed by atoms with Gasteiger partial charge in [-0.3, -0.25) is 0 Å². The van der Waals surface area contributed by atoms with E-state index in [0.717, 1.165) is 16.8 Å². The zero-order valence-electron chi connectivity index (χ0n) is 11.5. The van der Waals surface area contributed by atoms with Crippen molar-refractivity contribution in [1.82, 2.24) is 9.55 Å². The van der Waals surface area contributed by atoms with E-state index in [1.165, 1.54) is 29.7 Å². The molecule has 3 heteroatoms. The number of nitrogens with zero attached hydrogens (tertiary/aromatic N) is 2. The summed E-state index contributed by atoms with van der Waals surface area (Å²) in [7, 11) is 2.12. The summed E-state index contributed by atoms with van der Waals surface area (Å²) in [5.41, 5.74) is 11.3. The quantitative estimate of drug-likeness (QED) is 0.716. The van der Waals surface area contributed by atoms with E-state index in [2.05, 4.69) is 35.9 Å². The fourth-order valence-corrected chi connectivity index (χ4v) is 2.81. The Balaban J connectivity index is 1.87. The van der Waals surface area contributed by atoms with Crippen LogP contribution >= 0.6 is 0 Å². The first-order valence-electron chi connectivity index (χ1n) is 7.04. The molecule has 4 rings (SSSR count). The zero-order chi connectivity index (χ0) is 13.7. The van der Waals surface area contributed by atoms with Gasteiger partial charge in [-0.2, -0.15) is 0 Å². The molecule has 1 fully saturated rings. The highest BCUT2D eigenvalue weighted by Gasteiger charge is 2.28. The Morgan fingerprint density at radius 1 is 1.10 bits per heavy atom. The third kappa shape index (κ3) is 1.78. The SMILES string of the molecule is Cn1c(C2CC2)nc2ccc(-c3cccc(N)c3)cc21. The number of fused-ring (bicyclic) bond motifs is 1. The van der Waals surface area contributed by atoms with Crippen molar-refractivity contribution >= 4 is 16.7 Å². The summed E-state index contributed by atoms with van der Waals surface area (Å²) in [5.74, 6) is 1.90. The van der Waals surface area contributed by atoms with E-state index in [-0.39, 0.29) is 0 Å². The second-order valence-electron chi connectivity index (χ2n) is 5.63. The van der Waals surface area contributed by atoms with Crippen molar-refractivity contribution in [3.63, 3.8) is 0 Å². The Labute approximate surface area is 118 Å². The van der Waals surface area contributed by atoms with Gasteiger partial charge in [-0.1, -0.05) is 18.2 Å². The van der Waals surface area contributed by atoms with Crippen LogP contribution in [-0.4, -0.2) is 9.55 Å². The normalized spacial score (nSPS) is 14.8. The van der Waals surface area contributed by atoms with Crippen LogP contribution in [0, 0.1) is 0 Å². The molecule has 0 atom stereocenters. The minimum atomic E-state index is 0.670.